The number of piperidine rings is 1. The summed E-state index contributed by atoms with van der Waals surface area (Å²) in [6.45, 7) is 2.89. The first-order valence-electron chi connectivity index (χ1n) is 8.25. The van der Waals surface area contributed by atoms with E-state index in [9.17, 15) is 20.4 Å². The second kappa shape index (κ2) is 8.49. The molecule has 0 unspecified atom stereocenters. The maximum Gasteiger partial charge on any atom is 0.161 e. The van der Waals surface area contributed by atoms with Crippen molar-refractivity contribution in [2.24, 2.45) is 4.99 Å². The zero-order chi connectivity index (χ0) is 16.1. The molecule has 2 heterocycles. The Morgan fingerprint density at radius 1 is 1.00 bits per heavy atom. The lowest BCUT2D eigenvalue weighted by molar-refractivity contribution is -0.190. The van der Waals surface area contributed by atoms with Gasteiger partial charge in [0.15, 0.2) is 11.4 Å². The average molecular weight is 332 g/mol. The number of unbranched alkanes of at least 4 members (excludes halogenated alkanes) is 5. The van der Waals surface area contributed by atoms with Crippen molar-refractivity contribution in [1.29, 1.82) is 0 Å². The Morgan fingerprint density at radius 2 is 1.68 bits per heavy atom. The van der Waals surface area contributed by atoms with E-state index in [-0.39, 0.29) is 6.04 Å². The van der Waals surface area contributed by atoms with Crippen molar-refractivity contribution < 1.29 is 20.4 Å². The minimum Gasteiger partial charge on any atom is -0.388 e. The molecule has 0 spiro atoms. The van der Waals surface area contributed by atoms with Gasteiger partial charge in [-0.15, -0.1) is 0 Å². The number of rotatable bonds is 7. The molecule has 0 bridgehead atoms. The molecule has 4 N–H and O–H groups in total. The van der Waals surface area contributed by atoms with Crippen molar-refractivity contribution in [2.75, 3.05) is 12.3 Å². The third-order valence-electron chi connectivity index (χ3n) is 4.40. The molecular formula is C15H28N2O4S. The lowest BCUT2D eigenvalue weighted by Gasteiger charge is -2.44. The van der Waals surface area contributed by atoms with Crippen LogP contribution in [0.25, 0.3) is 0 Å². The molecule has 0 radical (unpaired) electrons. The summed E-state index contributed by atoms with van der Waals surface area (Å²) in [7, 11) is 0. The molecule has 7 heteroatoms. The van der Waals surface area contributed by atoms with E-state index in [1.807, 2.05) is 0 Å². The number of hydrogen-bond acceptors (Lipinski definition) is 6. The number of aliphatic hydroxyl groups excluding tert-OH is 4. The summed E-state index contributed by atoms with van der Waals surface area (Å²) < 4.78 is 0. The highest BCUT2D eigenvalue weighted by atomic mass is 32.2. The van der Waals surface area contributed by atoms with Gasteiger partial charge >= 0.3 is 0 Å². The Labute approximate surface area is 136 Å². The van der Waals surface area contributed by atoms with Gasteiger partial charge in [-0.05, 0) is 6.42 Å². The van der Waals surface area contributed by atoms with Gasteiger partial charge in [0.05, 0.1) is 6.04 Å². The van der Waals surface area contributed by atoms with Gasteiger partial charge in [0.2, 0.25) is 0 Å². The molecule has 2 fully saturated rings. The van der Waals surface area contributed by atoms with Crippen molar-refractivity contribution in [2.45, 2.75) is 76.0 Å². The van der Waals surface area contributed by atoms with Crippen molar-refractivity contribution in [1.82, 2.24) is 4.90 Å². The number of aliphatic imine (C=N–C) groups is 1. The van der Waals surface area contributed by atoms with E-state index < -0.39 is 24.5 Å². The lowest BCUT2D eigenvalue weighted by atomic mass is 9.94. The average Bonchev–Trinajstić information content (AvgIpc) is 2.94. The van der Waals surface area contributed by atoms with Crippen LogP contribution in [0.15, 0.2) is 4.99 Å². The summed E-state index contributed by atoms with van der Waals surface area (Å²) >= 11 is 1.46. The quantitative estimate of drug-likeness (QED) is 0.508. The van der Waals surface area contributed by atoms with Crippen LogP contribution >= 0.6 is 11.8 Å². The van der Waals surface area contributed by atoms with Crippen LogP contribution in [0.4, 0.5) is 0 Å². The predicted octanol–water partition coefficient (Wildman–Crippen LogP) is 0.535. The van der Waals surface area contributed by atoms with Crippen LogP contribution in [-0.2, 0) is 0 Å². The molecule has 22 heavy (non-hydrogen) atoms. The summed E-state index contributed by atoms with van der Waals surface area (Å²) in [5.74, 6) is 0.567. The maximum absolute atomic E-state index is 10.1. The number of thioether (sulfide) groups is 1. The third kappa shape index (κ3) is 3.94. The largest absolute Gasteiger partial charge is 0.388 e. The van der Waals surface area contributed by atoms with Crippen molar-refractivity contribution in [3.63, 3.8) is 0 Å². The zero-order valence-corrected chi connectivity index (χ0v) is 14.0. The van der Waals surface area contributed by atoms with E-state index in [4.69, 9.17) is 0 Å². The van der Waals surface area contributed by atoms with E-state index in [2.05, 4.69) is 11.9 Å². The zero-order valence-electron chi connectivity index (χ0n) is 13.1. The second-order valence-electron chi connectivity index (χ2n) is 6.10. The van der Waals surface area contributed by atoms with Crippen LogP contribution in [-0.4, -0.2) is 73.4 Å². The van der Waals surface area contributed by atoms with Gasteiger partial charge < -0.3 is 25.3 Å². The number of amidine groups is 1. The fourth-order valence-corrected chi connectivity index (χ4v) is 4.25. The van der Waals surface area contributed by atoms with Gasteiger partial charge in [-0.1, -0.05) is 50.8 Å². The summed E-state index contributed by atoms with van der Waals surface area (Å²) in [5, 5.41) is 40.3. The van der Waals surface area contributed by atoms with Crippen molar-refractivity contribution in [3.05, 3.63) is 0 Å². The molecule has 2 saturated heterocycles. The first kappa shape index (κ1) is 18.0. The van der Waals surface area contributed by atoms with E-state index in [1.165, 1.54) is 37.4 Å². The van der Waals surface area contributed by atoms with Gasteiger partial charge in [0.25, 0.3) is 0 Å². The second-order valence-corrected chi connectivity index (χ2v) is 7.09. The van der Waals surface area contributed by atoms with Crippen LogP contribution in [0.2, 0.25) is 0 Å². The monoisotopic (exact) mass is 332 g/mol. The van der Waals surface area contributed by atoms with Gasteiger partial charge in [-0.25, -0.2) is 0 Å². The van der Waals surface area contributed by atoms with Gasteiger partial charge in [0, 0.05) is 12.3 Å². The highest BCUT2D eigenvalue weighted by Gasteiger charge is 2.51. The van der Waals surface area contributed by atoms with Crippen LogP contribution in [0.5, 0.6) is 0 Å². The maximum atomic E-state index is 10.1. The standard InChI is InChI=1S/C15H28N2O4S/c1-2-3-4-5-6-7-8-16-15-17-10(9-22-15)11(18)12(19)13(20)14(17)21/h10-14,18-21H,2-9H2,1H3/t10-,11-,12-,13+,14+/m0/s1. The Morgan fingerprint density at radius 3 is 2.41 bits per heavy atom. The molecule has 0 amide bonds. The molecule has 2 aliphatic heterocycles. The molecule has 128 valence electrons. The molecule has 0 aromatic rings. The first-order valence-corrected chi connectivity index (χ1v) is 9.24. The van der Waals surface area contributed by atoms with Crippen LogP contribution in [0, 0.1) is 0 Å². The normalized spacial score (nSPS) is 36.9. The fourth-order valence-electron chi connectivity index (χ4n) is 2.99. The Hall–Kier alpha value is -0.340. The minimum atomic E-state index is -1.37. The van der Waals surface area contributed by atoms with Crippen LogP contribution in [0.3, 0.4) is 0 Å². The SMILES string of the molecule is CCCCCCCCN=C1SC[C@H]2[C@H](O)[C@H](O)[C@@H](O)[C@@H](O)N12. The molecule has 2 aliphatic rings. The highest BCUT2D eigenvalue weighted by molar-refractivity contribution is 8.14. The van der Waals surface area contributed by atoms with E-state index in [0.29, 0.717) is 17.5 Å². The minimum absolute atomic E-state index is 0.387. The summed E-state index contributed by atoms with van der Waals surface area (Å²) in [6.07, 6.45) is 2.23. The van der Waals surface area contributed by atoms with Gasteiger partial charge in [0.1, 0.15) is 18.3 Å². The fraction of sp³-hybridized carbons (Fsp3) is 0.933. The Kier molecular flexibility index (Phi) is 6.95. The molecule has 2 rings (SSSR count). The van der Waals surface area contributed by atoms with Crippen LogP contribution in [0.1, 0.15) is 45.4 Å². The van der Waals surface area contributed by atoms with Crippen molar-refractivity contribution in [3.8, 4) is 0 Å². The third-order valence-corrected chi connectivity index (χ3v) is 5.51. The summed E-state index contributed by atoms with van der Waals surface area (Å²) in [4.78, 5) is 6.07. The highest BCUT2D eigenvalue weighted by Crippen LogP contribution is 2.34. The van der Waals surface area contributed by atoms with Gasteiger partial charge in [-0.2, -0.15) is 0 Å². The lowest BCUT2D eigenvalue weighted by Crippen LogP contribution is -2.65. The topological polar surface area (TPSA) is 96.5 Å². The molecule has 6 nitrogen and oxygen atoms in total. The first-order chi connectivity index (χ1) is 10.6. The number of hydrogen-bond donors (Lipinski definition) is 4. The molecule has 0 aliphatic carbocycles. The molecule has 0 aromatic carbocycles. The van der Waals surface area contributed by atoms with E-state index >= 15 is 0 Å². The molecule has 0 saturated carbocycles. The Balaban J connectivity index is 1.84. The smallest absolute Gasteiger partial charge is 0.161 e. The number of fused-ring (bicyclic) bond motifs is 1. The van der Waals surface area contributed by atoms with E-state index in [0.717, 1.165) is 12.8 Å². The summed E-state index contributed by atoms with van der Waals surface area (Å²) in [5.41, 5.74) is 0. The number of nitrogens with zero attached hydrogens (tertiary/aromatic N) is 2. The molecule has 0 aromatic heterocycles. The molecular weight excluding hydrogens is 304 g/mol. The van der Waals surface area contributed by atoms with Crippen LogP contribution < -0.4 is 0 Å². The predicted molar refractivity (Wildman–Crippen MR) is 87.8 cm³/mol. The van der Waals surface area contributed by atoms with E-state index in [1.54, 1.807) is 4.90 Å². The van der Waals surface area contributed by atoms with Crippen molar-refractivity contribution >= 4 is 16.9 Å². The molecule has 5 atom stereocenters. The van der Waals surface area contributed by atoms with Gasteiger partial charge in [-0.3, -0.25) is 4.99 Å². The summed E-state index contributed by atoms with van der Waals surface area (Å²) in [6, 6.07) is -0.387. The number of aliphatic hydroxyl groups is 4. The Bertz CT molecular complexity index is 383.